The van der Waals surface area contributed by atoms with Crippen LogP contribution in [-0.2, 0) is 24.3 Å². The highest BCUT2D eigenvalue weighted by Crippen LogP contribution is 2.36. The van der Waals surface area contributed by atoms with Crippen molar-refractivity contribution in [2.45, 2.75) is 55.7 Å². The van der Waals surface area contributed by atoms with E-state index in [1.807, 2.05) is 36.6 Å². The molecule has 1 amide bonds. The van der Waals surface area contributed by atoms with Crippen LogP contribution in [0.1, 0.15) is 43.3 Å². The van der Waals surface area contributed by atoms with Gasteiger partial charge in [-0.2, -0.15) is 0 Å². The minimum Gasteiger partial charge on any atom is -0.442 e. The molecule has 0 radical (unpaired) electrons. The van der Waals surface area contributed by atoms with E-state index in [0.717, 1.165) is 29.6 Å². The van der Waals surface area contributed by atoms with Crippen LogP contribution in [0.3, 0.4) is 0 Å². The van der Waals surface area contributed by atoms with Crippen LogP contribution in [0, 0.1) is 11.6 Å². The van der Waals surface area contributed by atoms with Gasteiger partial charge in [0.25, 0.3) is 0 Å². The lowest BCUT2D eigenvalue weighted by atomic mass is 10.1. The molecular weight excluding hydrogens is 420 g/mol. The van der Waals surface area contributed by atoms with E-state index in [1.165, 1.54) is 29.5 Å². The maximum atomic E-state index is 13.7. The molecule has 164 valence electrons. The topological polar surface area (TPSA) is 70.1 Å². The molecule has 0 spiro atoms. The first-order valence-corrected chi connectivity index (χ1v) is 10.8. The predicted octanol–water partition coefficient (Wildman–Crippen LogP) is 5.66. The van der Waals surface area contributed by atoms with Crippen molar-refractivity contribution in [2.24, 2.45) is 5.73 Å². The summed E-state index contributed by atoms with van der Waals surface area (Å²) in [7, 11) is 0. The number of rotatable bonds is 9. The zero-order valence-electron chi connectivity index (χ0n) is 17.5. The van der Waals surface area contributed by atoms with Crippen molar-refractivity contribution in [3.63, 3.8) is 0 Å². The molecule has 0 aliphatic carbocycles. The largest absolute Gasteiger partial charge is 0.442 e. The number of primary amides is 1. The standard InChI is InChI=1S/C23H25F2N3O2S/c1-15(2)21-22(31-19-12-17(24)11-18(25)13-19)28(20(27-21)14-30-23(26)29)10-6-9-16-7-4-3-5-8-16/h3-5,7-8,11-13,15H,6,9-10,14H2,1-2H3,(H2,26,29). The van der Waals surface area contributed by atoms with E-state index < -0.39 is 17.7 Å². The van der Waals surface area contributed by atoms with Gasteiger partial charge in [0.2, 0.25) is 0 Å². The van der Waals surface area contributed by atoms with Crippen LogP contribution in [0.25, 0.3) is 0 Å². The van der Waals surface area contributed by atoms with Crippen LogP contribution in [0.4, 0.5) is 13.6 Å². The first-order chi connectivity index (χ1) is 14.8. The molecule has 0 aliphatic rings. The number of nitrogens with two attached hydrogens (primary N) is 1. The van der Waals surface area contributed by atoms with Crippen LogP contribution < -0.4 is 5.73 Å². The highest BCUT2D eigenvalue weighted by Gasteiger charge is 2.21. The number of imidazole rings is 1. The van der Waals surface area contributed by atoms with Crippen LogP contribution in [-0.4, -0.2) is 15.6 Å². The maximum Gasteiger partial charge on any atom is 0.404 e. The number of benzene rings is 2. The average Bonchev–Trinajstić information content (AvgIpc) is 3.04. The number of carbonyl (C=O) groups is 1. The van der Waals surface area contributed by atoms with Crippen molar-refractivity contribution in [3.8, 4) is 0 Å². The average molecular weight is 446 g/mol. The monoisotopic (exact) mass is 445 g/mol. The minimum absolute atomic E-state index is 0.0589. The van der Waals surface area contributed by atoms with Gasteiger partial charge in [-0.1, -0.05) is 55.9 Å². The Labute approximate surface area is 184 Å². The fourth-order valence-electron chi connectivity index (χ4n) is 3.25. The number of aromatic nitrogens is 2. The quantitative estimate of drug-likeness (QED) is 0.461. The lowest BCUT2D eigenvalue weighted by molar-refractivity contribution is 0.145. The fourth-order valence-corrected chi connectivity index (χ4v) is 4.51. The molecule has 0 saturated heterocycles. The molecule has 3 rings (SSSR count). The van der Waals surface area contributed by atoms with Crippen LogP contribution >= 0.6 is 11.8 Å². The van der Waals surface area contributed by atoms with Gasteiger partial charge in [0.15, 0.2) is 6.61 Å². The number of amides is 1. The van der Waals surface area contributed by atoms with Gasteiger partial charge in [-0.15, -0.1) is 0 Å². The van der Waals surface area contributed by atoms with Crippen LogP contribution in [0.2, 0.25) is 0 Å². The molecule has 2 aromatic carbocycles. The third-order valence-corrected chi connectivity index (χ3v) is 5.75. The molecule has 0 bridgehead atoms. The Morgan fingerprint density at radius 2 is 1.84 bits per heavy atom. The number of aryl methyl sites for hydroxylation is 1. The number of hydrogen-bond donors (Lipinski definition) is 1. The van der Waals surface area contributed by atoms with Gasteiger partial charge in [-0.3, -0.25) is 0 Å². The molecule has 0 atom stereocenters. The molecule has 8 heteroatoms. The van der Waals surface area contributed by atoms with E-state index in [9.17, 15) is 13.6 Å². The lowest BCUT2D eigenvalue weighted by Crippen LogP contribution is -2.15. The predicted molar refractivity (Wildman–Crippen MR) is 116 cm³/mol. The Hall–Kier alpha value is -2.87. The van der Waals surface area contributed by atoms with E-state index >= 15 is 0 Å². The Morgan fingerprint density at radius 3 is 2.45 bits per heavy atom. The smallest absolute Gasteiger partial charge is 0.404 e. The number of carbonyl (C=O) groups excluding carboxylic acids is 1. The molecule has 1 aromatic heterocycles. The van der Waals surface area contributed by atoms with Crippen molar-refractivity contribution in [1.29, 1.82) is 0 Å². The summed E-state index contributed by atoms with van der Waals surface area (Å²) in [5.41, 5.74) is 7.13. The van der Waals surface area contributed by atoms with Crippen molar-refractivity contribution in [2.75, 3.05) is 0 Å². The second kappa shape index (κ2) is 10.4. The Kier molecular flexibility index (Phi) is 7.68. The second-order valence-electron chi connectivity index (χ2n) is 7.43. The summed E-state index contributed by atoms with van der Waals surface area (Å²) in [6.07, 6.45) is 0.781. The molecule has 0 fully saturated rings. The molecule has 31 heavy (non-hydrogen) atoms. The Bertz CT molecular complexity index is 1020. The molecule has 0 aliphatic heterocycles. The van der Waals surface area contributed by atoms with Gasteiger partial charge in [-0.05, 0) is 36.5 Å². The molecule has 3 aromatic rings. The molecular formula is C23H25F2N3O2S. The van der Waals surface area contributed by atoms with Crippen molar-refractivity contribution in [3.05, 3.63) is 77.2 Å². The Balaban J connectivity index is 1.93. The van der Waals surface area contributed by atoms with E-state index in [-0.39, 0.29) is 12.5 Å². The third kappa shape index (κ3) is 6.30. The summed E-state index contributed by atoms with van der Waals surface area (Å²) in [6.45, 7) is 4.52. The van der Waals surface area contributed by atoms with E-state index in [4.69, 9.17) is 10.5 Å². The molecule has 0 unspecified atom stereocenters. The number of halogens is 2. The van der Waals surface area contributed by atoms with Gasteiger partial charge in [0.05, 0.1) is 5.69 Å². The molecule has 1 heterocycles. The van der Waals surface area contributed by atoms with Crippen molar-refractivity contribution in [1.82, 2.24) is 9.55 Å². The van der Waals surface area contributed by atoms with E-state index in [0.29, 0.717) is 17.3 Å². The van der Waals surface area contributed by atoms with E-state index in [1.54, 1.807) is 0 Å². The Morgan fingerprint density at radius 1 is 1.16 bits per heavy atom. The second-order valence-corrected chi connectivity index (χ2v) is 8.49. The van der Waals surface area contributed by atoms with Gasteiger partial charge in [0, 0.05) is 17.5 Å². The van der Waals surface area contributed by atoms with Crippen LogP contribution in [0.5, 0.6) is 0 Å². The summed E-state index contributed by atoms with van der Waals surface area (Å²) in [6, 6.07) is 13.5. The van der Waals surface area contributed by atoms with Gasteiger partial charge in [-0.25, -0.2) is 18.6 Å². The number of ether oxygens (including phenoxy) is 1. The summed E-state index contributed by atoms with van der Waals surface area (Å²) in [5, 5.41) is 0.774. The van der Waals surface area contributed by atoms with Gasteiger partial charge >= 0.3 is 6.09 Å². The summed E-state index contributed by atoms with van der Waals surface area (Å²) in [4.78, 5) is 16.3. The van der Waals surface area contributed by atoms with Crippen LogP contribution in [0.15, 0.2) is 58.5 Å². The molecule has 2 N–H and O–H groups in total. The maximum absolute atomic E-state index is 13.7. The normalized spacial score (nSPS) is 11.1. The highest BCUT2D eigenvalue weighted by molar-refractivity contribution is 7.99. The summed E-state index contributed by atoms with van der Waals surface area (Å²) < 4.78 is 34.4. The number of nitrogens with zero attached hydrogens (tertiary/aromatic N) is 2. The highest BCUT2D eigenvalue weighted by atomic mass is 32.2. The van der Waals surface area contributed by atoms with Gasteiger partial charge < -0.3 is 15.0 Å². The zero-order chi connectivity index (χ0) is 22.4. The fraction of sp³-hybridized carbons (Fsp3) is 0.304. The van der Waals surface area contributed by atoms with E-state index in [2.05, 4.69) is 17.1 Å². The summed E-state index contributed by atoms with van der Waals surface area (Å²) >= 11 is 1.25. The third-order valence-electron chi connectivity index (χ3n) is 4.66. The lowest BCUT2D eigenvalue weighted by Gasteiger charge is -2.14. The van der Waals surface area contributed by atoms with Gasteiger partial charge in [0.1, 0.15) is 22.5 Å². The zero-order valence-corrected chi connectivity index (χ0v) is 18.3. The minimum atomic E-state index is -0.883. The molecule has 0 saturated carbocycles. The number of hydrogen-bond acceptors (Lipinski definition) is 4. The SMILES string of the molecule is CC(C)c1nc(COC(N)=O)n(CCCc2ccccc2)c1Sc1cc(F)cc(F)c1. The van der Waals surface area contributed by atoms with Crippen molar-refractivity contribution < 1.29 is 18.3 Å². The first kappa shape index (κ1) is 22.8. The first-order valence-electron chi connectivity index (χ1n) is 10.0. The molecule has 5 nitrogen and oxygen atoms in total. The van der Waals surface area contributed by atoms with Crippen molar-refractivity contribution >= 4 is 17.9 Å². The summed E-state index contributed by atoms with van der Waals surface area (Å²) in [5.74, 6) is -0.666.